The van der Waals surface area contributed by atoms with Crippen molar-refractivity contribution in [3.05, 3.63) is 28.2 Å². The lowest BCUT2D eigenvalue weighted by molar-refractivity contribution is 0.468. The van der Waals surface area contributed by atoms with Crippen molar-refractivity contribution in [2.45, 2.75) is 6.42 Å². The topological polar surface area (TPSA) is 20.2 Å². The molecule has 0 aromatic heterocycles. The van der Waals surface area contributed by atoms with Crippen molar-refractivity contribution in [1.82, 2.24) is 0 Å². The second-order valence-electron chi connectivity index (χ2n) is 2.18. The van der Waals surface area contributed by atoms with Gasteiger partial charge in [-0.3, -0.25) is 0 Å². The molecule has 0 aliphatic carbocycles. The Morgan fingerprint density at radius 3 is 2.64 bits per heavy atom. The molecule has 0 aliphatic rings. The van der Waals surface area contributed by atoms with Crippen molar-refractivity contribution in [1.29, 1.82) is 0 Å². The van der Waals surface area contributed by atoms with Gasteiger partial charge in [-0.2, -0.15) is 0 Å². The molecule has 0 saturated heterocycles. The van der Waals surface area contributed by atoms with Crippen LogP contribution in [0, 0.1) is 0 Å². The van der Waals surface area contributed by atoms with E-state index in [1.807, 2.05) is 12.1 Å². The molecule has 0 saturated carbocycles. The number of benzene rings is 1. The van der Waals surface area contributed by atoms with Gasteiger partial charge in [0.2, 0.25) is 0 Å². The molecule has 1 N–H and O–H groups in total. The number of phenolic OH excluding ortho intramolecular Hbond substituents is 1. The highest BCUT2D eigenvalue weighted by Gasteiger charge is 2.03. The fraction of sp³-hybridized carbons (Fsp3) is 0.250. The third-order valence-electron chi connectivity index (χ3n) is 1.44. The van der Waals surface area contributed by atoms with E-state index in [4.69, 9.17) is 0 Å². The molecule has 1 aromatic rings. The summed E-state index contributed by atoms with van der Waals surface area (Å²) in [6, 6.07) is 5.44. The Bertz CT molecular complexity index is 228. The normalized spacial score (nSPS) is 10.0. The standard InChI is InChI=1S/C8H8Br2O/c9-5-4-6-7(10)2-1-3-8(6)11/h1-3,11H,4-5H2. The Kier molecular flexibility index (Phi) is 3.40. The number of phenols is 1. The number of aromatic hydroxyl groups is 1. The maximum absolute atomic E-state index is 9.37. The lowest BCUT2D eigenvalue weighted by Gasteiger charge is -2.03. The van der Waals surface area contributed by atoms with Gasteiger partial charge >= 0.3 is 0 Å². The first-order valence-corrected chi connectivity index (χ1v) is 5.19. The molecule has 60 valence electrons. The lowest BCUT2D eigenvalue weighted by Crippen LogP contribution is -1.87. The van der Waals surface area contributed by atoms with Gasteiger partial charge in [0.25, 0.3) is 0 Å². The number of alkyl halides is 1. The lowest BCUT2D eigenvalue weighted by atomic mass is 10.1. The van der Waals surface area contributed by atoms with E-state index in [-0.39, 0.29) is 0 Å². The predicted octanol–water partition coefficient (Wildman–Crippen LogP) is 3.09. The maximum atomic E-state index is 9.37. The van der Waals surface area contributed by atoms with Gasteiger partial charge in [-0.1, -0.05) is 37.9 Å². The van der Waals surface area contributed by atoms with Crippen LogP contribution < -0.4 is 0 Å². The summed E-state index contributed by atoms with van der Waals surface area (Å²) in [5, 5.41) is 10.2. The summed E-state index contributed by atoms with van der Waals surface area (Å²) in [5.41, 5.74) is 0.962. The molecule has 1 rings (SSSR count). The zero-order chi connectivity index (χ0) is 8.27. The molecular weight excluding hydrogens is 272 g/mol. The zero-order valence-electron chi connectivity index (χ0n) is 5.85. The Morgan fingerprint density at radius 1 is 1.36 bits per heavy atom. The van der Waals surface area contributed by atoms with Crippen LogP contribution in [-0.4, -0.2) is 10.4 Å². The Balaban J connectivity index is 3.00. The molecule has 0 unspecified atom stereocenters. The van der Waals surface area contributed by atoms with E-state index in [1.165, 1.54) is 0 Å². The molecule has 0 heterocycles. The smallest absolute Gasteiger partial charge is 0.119 e. The molecule has 1 aromatic carbocycles. The quantitative estimate of drug-likeness (QED) is 0.825. The summed E-state index contributed by atoms with van der Waals surface area (Å²) in [5.74, 6) is 0.360. The van der Waals surface area contributed by atoms with Gasteiger partial charge < -0.3 is 5.11 Å². The zero-order valence-corrected chi connectivity index (χ0v) is 9.02. The monoisotopic (exact) mass is 278 g/mol. The van der Waals surface area contributed by atoms with Gasteiger partial charge in [-0.25, -0.2) is 0 Å². The highest BCUT2D eigenvalue weighted by molar-refractivity contribution is 9.10. The first-order valence-electron chi connectivity index (χ1n) is 3.28. The minimum Gasteiger partial charge on any atom is -0.508 e. The number of hydrogen-bond acceptors (Lipinski definition) is 1. The summed E-state index contributed by atoms with van der Waals surface area (Å²) in [6.45, 7) is 0. The first-order chi connectivity index (χ1) is 5.25. The third kappa shape index (κ3) is 2.20. The van der Waals surface area contributed by atoms with Gasteiger partial charge in [0.15, 0.2) is 0 Å². The van der Waals surface area contributed by atoms with Gasteiger partial charge in [-0.05, 0) is 18.6 Å². The molecule has 0 fully saturated rings. The summed E-state index contributed by atoms with van der Waals surface area (Å²) in [6.07, 6.45) is 0.841. The fourth-order valence-electron chi connectivity index (χ4n) is 0.889. The molecule has 0 atom stereocenters. The Morgan fingerprint density at radius 2 is 2.09 bits per heavy atom. The average molecular weight is 280 g/mol. The molecule has 0 spiro atoms. The molecule has 0 aliphatic heterocycles. The molecule has 0 radical (unpaired) electrons. The van der Waals surface area contributed by atoms with Gasteiger partial charge in [0.05, 0.1) is 0 Å². The number of halogens is 2. The van der Waals surface area contributed by atoms with Crippen LogP contribution in [-0.2, 0) is 6.42 Å². The van der Waals surface area contributed by atoms with Gasteiger partial charge in [0.1, 0.15) is 5.75 Å². The Hall–Kier alpha value is -0.0200. The van der Waals surface area contributed by atoms with Crippen molar-refractivity contribution in [2.24, 2.45) is 0 Å². The second-order valence-corrected chi connectivity index (χ2v) is 3.82. The van der Waals surface area contributed by atoms with E-state index < -0.39 is 0 Å². The first kappa shape index (κ1) is 9.07. The van der Waals surface area contributed by atoms with Crippen LogP contribution in [0.1, 0.15) is 5.56 Å². The summed E-state index contributed by atoms with van der Waals surface area (Å²) in [7, 11) is 0. The summed E-state index contributed by atoms with van der Waals surface area (Å²) in [4.78, 5) is 0. The van der Waals surface area contributed by atoms with Crippen LogP contribution in [0.2, 0.25) is 0 Å². The number of hydrogen-bond donors (Lipinski definition) is 1. The highest BCUT2D eigenvalue weighted by atomic mass is 79.9. The fourth-order valence-corrected chi connectivity index (χ4v) is 1.84. The minimum absolute atomic E-state index is 0.360. The molecule has 1 nitrogen and oxygen atoms in total. The second kappa shape index (κ2) is 4.12. The largest absolute Gasteiger partial charge is 0.508 e. The highest BCUT2D eigenvalue weighted by Crippen LogP contribution is 2.26. The van der Waals surface area contributed by atoms with E-state index in [2.05, 4.69) is 31.9 Å². The summed E-state index contributed by atoms with van der Waals surface area (Å²) >= 11 is 6.69. The van der Waals surface area contributed by atoms with E-state index in [0.717, 1.165) is 21.8 Å². The van der Waals surface area contributed by atoms with Gasteiger partial charge in [-0.15, -0.1) is 0 Å². The maximum Gasteiger partial charge on any atom is 0.119 e. The molecular formula is C8H8Br2O. The average Bonchev–Trinajstić information content (AvgIpc) is 1.97. The SMILES string of the molecule is Oc1cccc(Br)c1CCBr. The van der Waals surface area contributed by atoms with Crippen LogP contribution in [0.3, 0.4) is 0 Å². The van der Waals surface area contributed by atoms with Crippen molar-refractivity contribution in [3.63, 3.8) is 0 Å². The summed E-state index contributed by atoms with van der Waals surface area (Å²) < 4.78 is 0.969. The predicted molar refractivity (Wildman–Crippen MR) is 53.3 cm³/mol. The van der Waals surface area contributed by atoms with Crippen molar-refractivity contribution >= 4 is 31.9 Å². The third-order valence-corrected chi connectivity index (χ3v) is 2.58. The minimum atomic E-state index is 0.360. The Labute approximate surface area is 82.7 Å². The molecule has 11 heavy (non-hydrogen) atoms. The van der Waals surface area contributed by atoms with Crippen LogP contribution in [0.25, 0.3) is 0 Å². The van der Waals surface area contributed by atoms with E-state index in [0.29, 0.717) is 5.75 Å². The van der Waals surface area contributed by atoms with Crippen molar-refractivity contribution in [2.75, 3.05) is 5.33 Å². The number of rotatable bonds is 2. The molecule has 0 bridgehead atoms. The van der Waals surface area contributed by atoms with Gasteiger partial charge in [0, 0.05) is 15.4 Å². The molecule has 3 heteroatoms. The van der Waals surface area contributed by atoms with Crippen molar-refractivity contribution in [3.8, 4) is 5.75 Å². The van der Waals surface area contributed by atoms with Crippen LogP contribution in [0.5, 0.6) is 5.75 Å². The van der Waals surface area contributed by atoms with E-state index >= 15 is 0 Å². The van der Waals surface area contributed by atoms with Crippen molar-refractivity contribution < 1.29 is 5.11 Å². The van der Waals surface area contributed by atoms with E-state index in [1.54, 1.807) is 6.07 Å². The van der Waals surface area contributed by atoms with E-state index in [9.17, 15) is 5.11 Å². The van der Waals surface area contributed by atoms with Crippen LogP contribution >= 0.6 is 31.9 Å². The molecule has 0 amide bonds. The van der Waals surface area contributed by atoms with Crippen LogP contribution in [0.15, 0.2) is 22.7 Å². The van der Waals surface area contributed by atoms with Crippen LogP contribution in [0.4, 0.5) is 0 Å².